The molecule has 0 saturated heterocycles. The number of nitrogens with zero attached hydrogens (tertiary/aromatic N) is 2. The molecular weight excluding hydrogens is 308 g/mol. The second-order valence-electron chi connectivity index (χ2n) is 5.06. The number of benzene rings is 2. The Hall–Kier alpha value is -2.77. The smallest absolute Gasteiger partial charge is 0.0991 e. The molecule has 2 N–H and O–H groups in total. The van der Waals surface area contributed by atoms with Gasteiger partial charge in [-0.3, -0.25) is 4.98 Å². The Balaban J connectivity index is 1.59. The van der Waals surface area contributed by atoms with Crippen molar-refractivity contribution in [2.24, 2.45) is 0 Å². The molecule has 0 unspecified atom stereocenters. The van der Waals surface area contributed by atoms with Gasteiger partial charge in [0, 0.05) is 41.1 Å². The van der Waals surface area contributed by atoms with Gasteiger partial charge in [-0.2, -0.15) is 5.26 Å². The molecule has 3 aromatic rings. The van der Waals surface area contributed by atoms with Crippen LogP contribution in [0.2, 0.25) is 5.02 Å². The molecule has 114 valence electrons. The molecule has 0 aliphatic heterocycles. The number of nitrogens with one attached hydrogen (secondary N) is 2. The van der Waals surface area contributed by atoms with Crippen molar-refractivity contribution in [2.45, 2.75) is 0 Å². The fraction of sp³-hybridized carbons (Fsp3) is 0.111. The third-order valence-electron chi connectivity index (χ3n) is 3.49. The zero-order valence-corrected chi connectivity index (χ0v) is 13.1. The number of nitriles is 1. The number of pyridine rings is 1. The Morgan fingerprint density at radius 1 is 1.00 bits per heavy atom. The van der Waals surface area contributed by atoms with Crippen LogP contribution in [0.3, 0.4) is 0 Å². The van der Waals surface area contributed by atoms with E-state index in [9.17, 15) is 0 Å². The molecule has 0 saturated carbocycles. The molecule has 5 heteroatoms. The Morgan fingerprint density at radius 3 is 2.57 bits per heavy atom. The molecule has 0 bridgehead atoms. The van der Waals surface area contributed by atoms with Crippen molar-refractivity contribution in [3.8, 4) is 6.07 Å². The molecule has 1 aromatic heterocycles. The number of halogens is 1. The first kappa shape index (κ1) is 15.1. The van der Waals surface area contributed by atoms with E-state index in [4.69, 9.17) is 16.9 Å². The lowest BCUT2D eigenvalue weighted by atomic mass is 10.2. The van der Waals surface area contributed by atoms with Crippen LogP contribution >= 0.6 is 11.6 Å². The molecule has 0 radical (unpaired) electrons. The maximum Gasteiger partial charge on any atom is 0.0991 e. The monoisotopic (exact) mass is 322 g/mol. The molecule has 1 heterocycles. The van der Waals surface area contributed by atoms with Gasteiger partial charge in [0.05, 0.1) is 17.1 Å². The summed E-state index contributed by atoms with van der Waals surface area (Å²) in [6.45, 7) is 1.53. The summed E-state index contributed by atoms with van der Waals surface area (Å²) in [5.74, 6) is 0. The maximum absolute atomic E-state index is 8.78. The number of hydrogen-bond donors (Lipinski definition) is 2. The number of fused-ring (bicyclic) bond motifs is 1. The number of hydrogen-bond acceptors (Lipinski definition) is 4. The summed E-state index contributed by atoms with van der Waals surface area (Å²) >= 11 is 6.00. The van der Waals surface area contributed by atoms with Crippen molar-refractivity contribution in [3.05, 3.63) is 65.3 Å². The molecule has 0 spiro atoms. The molecule has 0 atom stereocenters. The van der Waals surface area contributed by atoms with Crippen LogP contribution < -0.4 is 10.6 Å². The van der Waals surface area contributed by atoms with Gasteiger partial charge in [0.1, 0.15) is 0 Å². The summed E-state index contributed by atoms with van der Waals surface area (Å²) in [5.41, 5.74) is 3.57. The van der Waals surface area contributed by atoms with Crippen molar-refractivity contribution in [1.82, 2.24) is 4.98 Å². The third-order valence-corrected chi connectivity index (χ3v) is 3.72. The highest BCUT2D eigenvalue weighted by molar-refractivity contribution is 6.31. The van der Waals surface area contributed by atoms with Gasteiger partial charge in [-0.25, -0.2) is 0 Å². The summed E-state index contributed by atoms with van der Waals surface area (Å²) < 4.78 is 0. The highest BCUT2D eigenvalue weighted by Gasteiger charge is 2.02. The van der Waals surface area contributed by atoms with E-state index in [1.54, 1.807) is 18.3 Å². The Morgan fingerprint density at radius 2 is 1.78 bits per heavy atom. The molecule has 0 aliphatic carbocycles. The summed E-state index contributed by atoms with van der Waals surface area (Å²) in [4.78, 5) is 4.33. The lowest BCUT2D eigenvalue weighted by molar-refractivity contribution is 1.08. The molecule has 4 nitrogen and oxygen atoms in total. The van der Waals surface area contributed by atoms with Crippen LogP contribution in [-0.4, -0.2) is 18.1 Å². The summed E-state index contributed by atoms with van der Waals surface area (Å²) in [7, 11) is 0. The average molecular weight is 323 g/mol. The first-order chi connectivity index (χ1) is 11.3. The quantitative estimate of drug-likeness (QED) is 0.688. The minimum atomic E-state index is 0.663. The summed E-state index contributed by atoms with van der Waals surface area (Å²) in [6.07, 6.45) is 1.77. The molecule has 3 rings (SSSR count). The largest absolute Gasteiger partial charge is 0.383 e. The van der Waals surface area contributed by atoms with Gasteiger partial charge in [0.25, 0.3) is 0 Å². The van der Waals surface area contributed by atoms with E-state index in [1.807, 2.05) is 36.4 Å². The van der Waals surface area contributed by atoms with Crippen LogP contribution in [0.5, 0.6) is 0 Å². The second-order valence-corrected chi connectivity index (χ2v) is 5.50. The van der Waals surface area contributed by atoms with Crippen LogP contribution in [0.1, 0.15) is 5.56 Å². The molecule has 23 heavy (non-hydrogen) atoms. The third kappa shape index (κ3) is 3.71. The fourth-order valence-electron chi connectivity index (χ4n) is 2.34. The standard InChI is InChI=1S/C18H15ClN4/c19-14-3-6-16-17(7-8-22-18(16)11-14)23-10-9-21-15-4-1-13(12-20)2-5-15/h1-8,11,21H,9-10H2,(H,22,23). The van der Waals surface area contributed by atoms with Crippen molar-refractivity contribution in [1.29, 1.82) is 5.26 Å². The molecule has 0 fully saturated rings. The van der Waals surface area contributed by atoms with Gasteiger partial charge >= 0.3 is 0 Å². The first-order valence-electron chi connectivity index (χ1n) is 7.28. The second kappa shape index (κ2) is 6.99. The van der Waals surface area contributed by atoms with Crippen LogP contribution in [-0.2, 0) is 0 Å². The lowest BCUT2D eigenvalue weighted by Gasteiger charge is -2.11. The fourth-order valence-corrected chi connectivity index (χ4v) is 2.51. The molecule has 0 aliphatic rings. The van der Waals surface area contributed by atoms with E-state index < -0.39 is 0 Å². The molecule has 0 amide bonds. The van der Waals surface area contributed by atoms with Crippen molar-refractivity contribution >= 4 is 33.9 Å². The van der Waals surface area contributed by atoms with Crippen LogP contribution in [0.25, 0.3) is 10.9 Å². The summed E-state index contributed by atoms with van der Waals surface area (Å²) in [6, 6.07) is 17.2. The lowest BCUT2D eigenvalue weighted by Crippen LogP contribution is -2.13. The van der Waals surface area contributed by atoms with Crippen LogP contribution in [0.15, 0.2) is 54.7 Å². The van der Waals surface area contributed by atoms with E-state index in [0.717, 1.165) is 35.4 Å². The highest BCUT2D eigenvalue weighted by Crippen LogP contribution is 2.24. The van der Waals surface area contributed by atoms with Gasteiger partial charge in [-0.15, -0.1) is 0 Å². The summed E-state index contributed by atoms with van der Waals surface area (Å²) in [5, 5.41) is 17.2. The predicted molar refractivity (Wildman–Crippen MR) is 94.9 cm³/mol. The van der Waals surface area contributed by atoms with E-state index in [0.29, 0.717) is 10.6 Å². The predicted octanol–water partition coefficient (Wildman–Crippen LogP) is 4.28. The van der Waals surface area contributed by atoms with E-state index in [2.05, 4.69) is 21.7 Å². The van der Waals surface area contributed by atoms with Gasteiger partial charge in [-0.05, 0) is 48.5 Å². The van der Waals surface area contributed by atoms with E-state index in [1.165, 1.54) is 0 Å². The molecular formula is C18H15ClN4. The zero-order chi connectivity index (χ0) is 16.1. The van der Waals surface area contributed by atoms with Gasteiger partial charge in [0.15, 0.2) is 0 Å². The number of rotatable bonds is 5. The number of aromatic nitrogens is 1. The zero-order valence-electron chi connectivity index (χ0n) is 12.4. The number of anilines is 2. The van der Waals surface area contributed by atoms with E-state index >= 15 is 0 Å². The Kier molecular flexibility index (Phi) is 4.60. The van der Waals surface area contributed by atoms with Crippen LogP contribution in [0, 0.1) is 11.3 Å². The molecule has 2 aromatic carbocycles. The topological polar surface area (TPSA) is 60.7 Å². The van der Waals surface area contributed by atoms with Gasteiger partial charge < -0.3 is 10.6 Å². The van der Waals surface area contributed by atoms with Gasteiger partial charge in [0.2, 0.25) is 0 Å². The van der Waals surface area contributed by atoms with Crippen molar-refractivity contribution in [2.75, 3.05) is 23.7 Å². The Labute approximate surface area is 139 Å². The first-order valence-corrected chi connectivity index (χ1v) is 7.66. The SMILES string of the molecule is N#Cc1ccc(NCCNc2ccnc3cc(Cl)ccc23)cc1. The van der Waals surface area contributed by atoms with Crippen LogP contribution in [0.4, 0.5) is 11.4 Å². The minimum absolute atomic E-state index is 0.663. The maximum atomic E-state index is 8.78. The van der Waals surface area contributed by atoms with Crippen molar-refractivity contribution < 1.29 is 0 Å². The van der Waals surface area contributed by atoms with Gasteiger partial charge in [-0.1, -0.05) is 11.6 Å². The normalized spacial score (nSPS) is 10.3. The average Bonchev–Trinajstić information content (AvgIpc) is 2.59. The Bertz CT molecular complexity index is 853. The minimum Gasteiger partial charge on any atom is -0.383 e. The highest BCUT2D eigenvalue weighted by atomic mass is 35.5. The van der Waals surface area contributed by atoms with E-state index in [-0.39, 0.29) is 0 Å². The van der Waals surface area contributed by atoms with Crippen molar-refractivity contribution in [3.63, 3.8) is 0 Å².